The lowest BCUT2D eigenvalue weighted by Crippen LogP contribution is -2.09. The summed E-state index contributed by atoms with van der Waals surface area (Å²) in [6, 6.07) is 16.7. The number of aryl methyl sites for hydroxylation is 1. The van der Waals surface area contributed by atoms with Crippen LogP contribution in [-0.2, 0) is 13.0 Å². The van der Waals surface area contributed by atoms with Gasteiger partial charge in [-0.15, -0.1) is 5.10 Å². The number of hydrogen-bond acceptors (Lipinski definition) is 5. The Labute approximate surface area is 146 Å². The molecule has 0 saturated carbocycles. The maximum Gasteiger partial charge on any atom is 0.244 e. The molecule has 0 aliphatic carbocycles. The predicted octanol–water partition coefficient (Wildman–Crippen LogP) is 3.67. The molecule has 3 aromatic rings. The Morgan fingerprint density at radius 1 is 0.880 bits per heavy atom. The Morgan fingerprint density at radius 2 is 1.68 bits per heavy atom. The number of nitrogens with zero attached hydrogens (tertiary/aromatic N) is 3. The van der Waals surface area contributed by atoms with E-state index in [9.17, 15) is 4.39 Å². The lowest BCUT2D eigenvalue weighted by molar-refractivity contribution is 0.627. The van der Waals surface area contributed by atoms with Gasteiger partial charge in [0.1, 0.15) is 11.6 Å². The average molecular weight is 337 g/mol. The van der Waals surface area contributed by atoms with Crippen molar-refractivity contribution in [1.82, 2.24) is 15.2 Å². The molecule has 0 aliphatic heterocycles. The Balaban J connectivity index is 1.45. The van der Waals surface area contributed by atoms with Crippen LogP contribution in [0.3, 0.4) is 0 Å². The van der Waals surface area contributed by atoms with Gasteiger partial charge in [-0.25, -0.2) is 4.39 Å². The number of hydrogen-bond donors (Lipinski definition) is 2. The van der Waals surface area contributed by atoms with E-state index in [-0.39, 0.29) is 5.82 Å². The summed E-state index contributed by atoms with van der Waals surface area (Å²) in [5.74, 6) is 0.880. The maximum absolute atomic E-state index is 12.9. The molecule has 0 fully saturated rings. The van der Waals surface area contributed by atoms with Gasteiger partial charge in [-0.3, -0.25) is 0 Å². The first-order chi connectivity index (χ1) is 12.3. The zero-order valence-corrected chi connectivity index (χ0v) is 13.8. The highest BCUT2D eigenvalue weighted by molar-refractivity contribution is 5.37. The van der Waals surface area contributed by atoms with Gasteiger partial charge in [0.25, 0.3) is 0 Å². The van der Waals surface area contributed by atoms with E-state index in [2.05, 4.69) is 50.1 Å². The molecule has 6 heteroatoms. The smallest absolute Gasteiger partial charge is 0.244 e. The van der Waals surface area contributed by atoms with E-state index >= 15 is 0 Å². The van der Waals surface area contributed by atoms with Crippen LogP contribution >= 0.6 is 0 Å². The highest BCUT2D eigenvalue weighted by Crippen LogP contribution is 2.08. The summed E-state index contributed by atoms with van der Waals surface area (Å²) in [5.41, 5.74) is 2.28. The van der Waals surface area contributed by atoms with Crippen LogP contribution in [0.25, 0.3) is 0 Å². The quantitative estimate of drug-likeness (QED) is 0.614. The Hall–Kier alpha value is -3.02. The predicted molar refractivity (Wildman–Crippen MR) is 96.8 cm³/mol. The van der Waals surface area contributed by atoms with Crippen LogP contribution in [0.5, 0.6) is 0 Å². The molecule has 0 bridgehead atoms. The van der Waals surface area contributed by atoms with Gasteiger partial charge in [0, 0.05) is 13.1 Å². The molecule has 1 aromatic heterocycles. The molecule has 128 valence electrons. The summed E-state index contributed by atoms with van der Waals surface area (Å²) in [6.45, 7) is 1.32. The van der Waals surface area contributed by atoms with Gasteiger partial charge in [-0.05, 0) is 36.1 Å². The van der Waals surface area contributed by atoms with Crippen molar-refractivity contribution < 1.29 is 4.39 Å². The molecular weight excluding hydrogens is 317 g/mol. The summed E-state index contributed by atoms with van der Waals surface area (Å²) in [5, 5.41) is 14.3. The SMILES string of the molecule is Fc1ccc(CNc2nncc(NCCCc3ccccc3)n2)cc1. The lowest BCUT2D eigenvalue weighted by Gasteiger charge is -2.08. The van der Waals surface area contributed by atoms with Gasteiger partial charge in [0.2, 0.25) is 5.95 Å². The Bertz CT molecular complexity index is 777. The molecule has 0 saturated heterocycles. The number of halogens is 1. The van der Waals surface area contributed by atoms with E-state index in [1.54, 1.807) is 18.3 Å². The van der Waals surface area contributed by atoms with Crippen molar-refractivity contribution in [3.63, 3.8) is 0 Å². The fourth-order valence-electron chi connectivity index (χ4n) is 2.40. The van der Waals surface area contributed by atoms with Crippen LogP contribution in [0.2, 0.25) is 0 Å². The monoisotopic (exact) mass is 337 g/mol. The van der Waals surface area contributed by atoms with Crippen molar-refractivity contribution in [2.24, 2.45) is 0 Å². The van der Waals surface area contributed by atoms with E-state index in [1.807, 2.05) is 6.07 Å². The molecular formula is C19H20FN5. The molecule has 0 spiro atoms. The highest BCUT2D eigenvalue weighted by Gasteiger charge is 2.01. The summed E-state index contributed by atoms with van der Waals surface area (Å²) < 4.78 is 12.9. The van der Waals surface area contributed by atoms with Gasteiger partial charge < -0.3 is 10.6 Å². The number of aromatic nitrogens is 3. The molecule has 0 amide bonds. The van der Waals surface area contributed by atoms with Crippen LogP contribution in [-0.4, -0.2) is 21.7 Å². The number of nitrogens with one attached hydrogen (secondary N) is 2. The van der Waals surface area contributed by atoms with Crippen LogP contribution in [0.15, 0.2) is 60.8 Å². The third kappa shape index (κ3) is 5.53. The van der Waals surface area contributed by atoms with Crippen molar-refractivity contribution in [2.45, 2.75) is 19.4 Å². The van der Waals surface area contributed by atoms with Crippen molar-refractivity contribution in [3.8, 4) is 0 Å². The molecule has 1 heterocycles. The summed E-state index contributed by atoms with van der Waals surface area (Å²) in [6.07, 6.45) is 3.62. The van der Waals surface area contributed by atoms with E-state index in [0.717, 1.165) is 24.9 Å². The molecule has 2 aromatic carbocycles. The van der Waals surface area contributed by atoms with Crippen molar-refractivity contribution in [1.29, 1.82) is 0 Å². The molecule has 0 unspecified atom stereocenters. The molecule has 0 aliphatic rings. The second-order valence-electron chi connectivity index (χ2n) is 5.66. The van der Waals surface area contributed by atoms with Crippen LogP contribution in [0.1, 0.15) is 17.5 Å². The fourth-order valence-corrected chi connectivity index (χ4v) is 2.40. The van der Waals surface area contributed by atoms with Crippen LogP contribution < -0.4 is 10.6 Å². The molecule has 0 radical (unpaired) electrons. The topological polar surface area (TPSA) is 62.7 Å². The number of rotatable bonds is 8. The minimum Gasteiger partial charge on any atom is -0.369 e. The van der Waals surface area contributed by atoms with Gasteiger partial charge in [0.15, 0.2) is 0 Å². The molecule has 0 atom stereocenters. The average Bonchev–Trinajstić information content (AvgIpc) is 2.66. The van der Waals surface area contributed by atoms with E-state index in [4.69, 9.17) is 0 Å². The minimum atomic E-state index is -0.247. The van der Waals surface area contributed by atoms with Crippen LogP contribution in [0.4, 0.5) is 16.2 Å². The zero-order chi connectivity index (χ0) is 17.3. The van der Waals surface area contributed by atoms with Crippen LogP contribution in [0, 0.1) is 5.82 Å². The van der Waals surface area contributed by atoms with E-state index in [1.165, 1.54) is 17.7 Å². The van der Waals surface area contributed by atoms with Crippen molar-refractivity contribution >= 4 is 11.8 Å². The third-order valence-corrected chi connectivity index (χ3v) is 3.71. The van der Waals surface area contributed by atoms with Gasteiger partial charge in [-0.1, -0.05) is 42.5 Å². The first-order valence-corrected chi connectivity index (χ1v) is 8.25. The van der Waals surface area contributed by atoms with Crippen molar-refractivity contribution in [2.75, 3.05) is 17.2 Å². The fraction of sp³-hybridized carbons (Fsp3) is 0.211. The third-order valence-electron chi connectivity index (χ3n) is 3.71. The lowest BCUT2D eigenvalue weighted by atomic mass is 10.1. The summed E-state index contributed by atoms with van der Waals surface area (Å²) in [7, 11) is 0. The maximum atomic E-state index is 12.9. The first-order valence-electron chi connectivity index (χ1n) is 8.25. The van der Waals surface area contributed by atoms with Gasteiger partial charge in [-0.2, -0.15) is 10.1 Å². The summed E-state index contributed by atoms with van der Waals surface area (Å²) >= 11 is 0. The van der Waals surface area contributed by atoms with E-state index < -0.39 is 0 Å². The minimum absolute atomic E-state index is 0.247. The van der Waals surface area contributed by atoms with Gasteiger partial charge in [0.05, 0.1) is 6.20 Å². The Kier molecular flexibility index (Phi) is 5.87. The standard InChI is InChI=1S/C19H20FN5/c20-17-10-8-16(9-11-17)13-22-19-24-18(14-23-25-19)21-12-4-7-15-5-2-1-3-6-15/h1-3,5-6,8-11,14H,4,7,12-13H2,(H2,21,22,24,25). The first kappa shape index (κ1) is 16.8. The van der Waals surface area contributed by atoms with E-state index in [0.29, 0.717) is 18.3 Å². The Morgan fingerprint density at radius 3 is 2.48 bits per heavy atom. The van der Waals surface area contributed by atoms with Crippen molar-refractivity contribution in [3.05, 3.63) is 77.7 Å². The number of benzene rings is 2. The zero-order valence-electron chi connectivity index (χ0n) is 13.8. The molecule has 5 nitrogen and oxygen atoms in total. The second-order valence-corrected chi connectivity index (χ2v) is 5.66. The second kappa shape index (κ2) is 8.73. The van der Waals surface area contributed by atoms with Gasteiger partial charge >= 0.3 is 0 Å². The molecule has 25 heavy (non-hydrogen) atoms. The molecule has 3 rings (SSSR count). The highest BCUT2D eigenvalue weighted by atomic mass is 19.1. The normalized spacial score (nSPS) is 10.4. The molecule has 2 N–H and O–H groups in total. The largest absolute Gasteiger partial charge is 0.369 e. The summed E-state index contributed by atoms with van der Waals surface area (Å²) in [4.78, 5) is 4.38. The number of anilines is 2.